The average Bonchev–Trinajstić information content (AvgIpc) is 3.14. The molecule has 1 N–H and O–H groups in total. The molecule has 26 heavy (non-hydrogen) atoms. The van der Waals surface area contributed by atoms with Gasteiger partial charge in [0.05, 0.1) is 4.88 Å². The fourth-order valence-corrected chi connectivity index (χ4v) is 4.00. The van der Waals surface area contributed by atoms with Crippen LogP contribution in [-0.4, -0.2) is 11.5 Å². The molecule has 0 amide bonds. The zero-order valence-electron chi connectivity index (χ0n) is 14.3. The second-order valence-corrected chi connectivity index (χ2v) is 7.32. The monoisotopic (exact) mass is 362 g/mol. The maximum atomic E-state index is 13.2. The summed E-state index contributed by atoms with van der Waals surface area (Å²) in [6.07, 6.45) is 2.76. The molecule has 0 unspecified atom stereocenters. The predicted octanol–water partition coefficient (Wildman–Crippen LogP) is 5.43. The molecule has 0 bridgehead atoms. The molecule has 1 heterocycles. The van der Waals surface area contributed by atoms with E-state index in [2.05, 4.69) is 52.8 Å². The van der Waals surface area contributed by atoms with E-state index in [1.165, 1.54) is 27.3 Å². The number of nitrogens with zero attached hydrogens (tertiary/aromatic N) is 1. The molecule has 2 nitrogen and oxygen atoms in total. The van der Waals surface area contributed by atoms with E-state index < -0.39 is 0 Å². The van der Waals surface area contributed by atoms with Gasteiger partial charge < -0.3 is 5.32 Å². The number of hydrogen-bond acceptors (Lipinski definition) is 3. The van der Waals surface area contributed by atoms with Crippen molar-refractivity contribution >= 4 is 22.1 Å². The number of aromatic nitrogens is 1. The lowest BCUT2D eigenvalue weighted by atomic mass is 10.0. The van der Waals surface area contributed by atoms with Crippen LogP contribution >= 0.6 is 11.3 Å². The predicted molar refractivity (Wildman–Crippen MR) is 107 cm³/mol. The standard InChI is InChI=1S/C22H19FN2S/c23-18-8-3-5-16(13-18)11-12-24-15-22-25-14-21(26-22)20-10-4-7-17-6-1-2-9-19(17)20/h1-10,13-14,24H,11-12,15H2. The molecule has 0 saturated heterocycles. The Morgan fingerprint density at radius 3 is 2.73 bits per heavy atom. The van der Waals surface area contributed by atoms with Gasteiger partial charge in [0.1, 0.15) is 10.8 Å². The first-order valence-corrected chi connectivity index (χ1v) is 9.49. The zero-order chi connectivity index (χ0) is 17.8. The fourth-order valence-electron chi connectivity index (χ4n) is 3.08. The van der Waals surface area contributed by atoms with Crippen LogP contribution in [0.5, 0.6) is 0 Å². The minimum absolute atomic E-state index is 0.179. The Hall–Kier alpha value is -2.56. The summed E-state index contributed by atoms with van der Waals surface area (Å²) in [5, 5.41) is 6.96. The van der Waals surface area contributed by atoms with Gasteiger partial charge in [0, 0.05) is 18.3 Å². The molecule has 4 rings (SSSR count). The molecule has 0 aliphatic heterocycles. The van der Waals surface area contributed by atoms with Gasteiger partial charge in [-0.25, -0.2) is 9.37 Å². The SMILES string of the molecule is Fc1cccc(CCNCc2ncc(-c3cccc4ccccc34)s2)c1. The zero-order valence-corrected chi connectivity index (χ0v) is 15.1. The molecule has 0 aliphatic rings. The van der Waals surface area contributed by atoms with Crippen molar-refractivity contribution in [2.45, 2.75) is 13.0 Å². The van der Waals surface area contributed by atoms with Crippen molar-refractivity contribution in [1.29, 1.82) is 0 Å². The number of benzene rings is 3. The van der Waals surface area contributed by atoms with Crippen molar-refractivity contribution in [3.8, 4) is 10.4 Å². The highest BCUT2D eigenvalue weighted by Gasteiger charge is 2.07. The Kier molecular flexibility index (Phi) is 5.04. The molecule has 4 heteroatoms. The molecular weight excluding hydrogens is 343 g/mol. The number of rotatable bonds is 6. The second-order valence-electron chi connectivity index (χ2n) is 6.20. The van der Waals surface area contributed by atoms with Crippen LogP contribution in [0.25, 0.3) is 21.2 Å². The molecule has 0 aliphatic carbocycles. The Bertz CT molecular complexity index is 1020. The maximum absolute atomic E-state index is 13.2. The summed E-state index contributed by atoms with van der Waals surface area (Å²) < 4.78 is 13.2. The van der Waals surface area contributed by atoms with E-state index in [9.17, 15) is 4.39 Å². The van der Waals surface area contributed by atoms with Crippen LogP contribution in [0.15, 0.2) is 72.9 Å². The molecular formula is C22H19FN2S. The third kappa shape index (κ3) is 3.82. The largest absolute Gasteiger partial charge is 0.310 e. The Morgan fingerprint density at radius 1 is 0.962 bits per heavy atom. The van der Waals surface area contributed by atoms with Crippen LogP contribution in [0.2, 0.25) is 0 Å². The summed E-state index contributed by atoms with van der Waals surface area (Å²) in [5.41, 5.74) is 2.24. The molecule has 130 valence electrons. The van der Waals surface area contributed by atoms with E-state index in [0.29, 0.717) is 0 Å². The number of nitrogens with one attached hydrogen (secondary N) is 1. The van der Waals surface area contributed by atoms with E-state index in [1.54, 1.807) is 23.5 Å². The van der Waals surface area contributed by atoms with Gasteiger partial charge in [0.2, 0.25) is 0 Å². The van der Waals surface area contributed by atoms with Crippen molar-refractivity contribution in [3.05, 3.63) is 89.3 Å². The van der Waals surface area contributed by atoms with E-state index in [0.717, 1.165) is 30.1 Å². The molecule has 0 radical (unpaired) electrons. The van der Waals surface area contributed by atoms with Crippen molar-refractivity contribution in [1.82, 2.24) is 10.3 Å². The lowest BCUT2D eigenvalue weighted by Gasteiger charge is -2.04. The van der Waals surface area contributed by atoms with Crippen molar-refractivity contribution in [3.63, 3.8) is 0 Å². The minimum atomic E-state index is -0.179. The highest BCUT2D eigenvalue weighted by atomic mass is 32.1. The van der Waals surface area contributed by atoms with Crippen molar-refractivity contribution < 1.29 is 4.39 Å². The molecule has 1 aromatic heterocycles. The lowest BCUT2D eigenvalue weighted by molar-refractivity contribution is 0.622. The number of fused-ring (bicyclic) bond motifs is 1. The summed E-state index contributed by atoms with van der Waals surface area (Å²) >= 11 is 1.72. The third-order valence-electron chi connectivity index (χ3n) is 4.36. The first kappa shape index (κ1) is 16.9. The maximum Gasteiger partial charge on any atom is 0.123 e. The molecule has 0 atom stereocenters. The van der Waals surface area contributed by atoms with Gasteiger partial charge in [-0.2, -0.15) is 0 Å². The van der Waals surface area contributed by atoms with Gasteiger partial charge in [-0.05, 0) is 41.4 Å². The Morgan fingerprint density at radius 2 is 1.81 bits per heavy atom. The van der Waals surface area contributed by atoms with Gasteiger partial charge in [-0.15, -0.1) is 11.3 Å². The van der Waals surface area contributed by atoms with Crippen molar-refractivity contribution in [2.75, 3.05) is 6.54 Å². The van der Waals surface area contributed by atoms with Crippen LogP contribution in [0.4, 0.5) is 4.39 Å². The van der Waals surface area contributed by atoms with Crippen molar-refractivity contribution in [2.24, 2.45) is 0 Å². The fraction of sp³-hybridized carbons (Fsp3) is 0.136. The topological polar surface area (TPSA) is 24.9 Å². The number of halogens is 1. The summed E-state index contributed by atoms with van der Waals surface area (Å²) in [6, 6.07) is 21.6. The van der Waals surface area contributed by atoms with Gasteiger partial charge in [0.25, 0.3) is 0 Å². The van der Waals surface area contributed by atoms with Crippen LogP contribution in [-0.2, 0) is 13.0 Å². The van der Waals surface area contributed by atoms with E-state index in [-0.39, 0.29) is 5.82 Å². The third-order valence-corrected chi connectivity index (χ3v) is 5.39. The van der Waals surface area contributed by atoms with Gasteiger partial charge in [-0.3, -0.25) is 0 Å². The summed E-state index contributed by atoms with van der Waals surface area (Å²) in [4.78, 5) is 5.74. The van der Waals surface area contributed by atoms with Crippen LogP contribution in [0, 0.1) is 5.82 Å². The smallest absolute Gasteiger partial charge is 0.123 e. The van der Waals surface area contributed by atoms with Gasteiger partial charge >= 0.3 is 0 Å². The Labute approximate surface area is 156 Å². The molecule has 3 aromatic carbocycles. The lowest BCUT2D eigenvalue weighted by Crippen LogP contribution is -2.16. The van der Waals surface area contributed by atoms with Crippen LogP contribution in [0.3, 0.4) is 0 Å². The average molecular weight is 362 g/mol. The Balaban J connectivity index is 1.40. The first-order valence-electron chi connectivity index (χ1n) is 8.67. The highest BCUT2D eigenvalue weighted by Crippen LogP contribution is 2.32. The first-order chi connectivity index (χ1) is 12.8. The van der Waals surface area contributed by atoms with Gasteiger partial charge in [-0.1, -0.05) is 54.6 Å². The number of hydrogen-bond donors (Lipinski definition) is 1. The second kappa shape index (κ2) is 7.77. The normalized spacial score (nSPS) is 11.1. The molecule has 0 spiro atoms. The molecule has 0 saturated carbocycles. The molecule has 4 aromatic rings. The van der Waals surface area contributed by atoms with Crippen LogP contribution in [0.1, 0.15) is 10.6 Å². The highest BCUT2D eigenvalue weighted by molar-refractivity contribution is 7.15. The summed E-state index contributed by atoms with van der Waals surface area (Å²) in [6.45, 7) is 1.53. The summed E-state index contributed by atoms with van der Waals surface area (Å²) in [7, 11) is 0. The minimum Gasteiger partial charge on any atom is -0.310 e. The number of thiazole rings is 1. The van der Waals surface area contributed by atoms with E-state index in [4.69, 9.17) is 0 Å². The summed E-state index contributed by atoms with van der Waals surface area (Å²) in [5.74, 6) is -0.179. The van der Waals surface area contributed by atoms with E-state index in [1.807, 2.05) is 12.3 Å². The van der Waals surface area contributed by atoms with Crippen LogP contribution < -0.4 is 5.32 Å². The quantitative estimate of drug-likeness (QED) is 0.462. The van der Waals surface area contributed by atoms with Gasteiger partial charge in [0.15, 0.2) is 0 Å². The van der Waals surface area contributed by atoms with E-state index >= 15 is 0 Å². The molecule has 0 fully saturated rings.